The largest absolute Gasteiger partial charge is 0.262 e. The van der Waals surface area contributed by atoms with Gasteiger partial charge in [0.2, 0.25) is 0 Å². The molecule has 0 bridgehead atoms. The zero-order valence-corrected chi connectivity index (χ0v) is 7.71. The van der Waals surface area contributed by atoms with Gasteiger partial charge in [-0.25, -0.2) is 4.39 Å². The van der Waals surface area contributed by atoms with Gasteiger partial charge in [-0.2, -0.15) is 0 Å². The van der Waals surface area contributed by atoms with Gasteiger partial charge in [0.25, 0.3) is 0 Å². The molecule has 0 N–H and O–H groups in total. The van der Waals surface area contributed by atoms with Gasteiger partial charge in [0.05, 0.1) is 6.20 Å². The van der Waals surface area contributed by atoms with E-state index in [4.69, 9.17) is 0 Å². The molecule has 12 heavy (non-hydrogen) atoms. The molecule has 1 rings (SSSR count). The maximum Gasteiger partial charge on any atom is 0.144 e. The highest BCUT2D eigenvalue weighted by Crippen LogP contribution is 2.24. The lowest BCUT2D eigenvalue weighted by Gasteiger charge is -2.15. The van der Waals surface area contributed by atoms with Gasteiger partial charge in [0, 0.05) is 6.20 Å². The molecule has 1 nitrogen and oxygen atoms in total. The van der Waals surface area contributed by atoms with Crippen LogP contribution in [0.3, 0.4) is 0 Å². The highest BCUT2D eigenvalue weighted by molar-refractivity contribution is 5.17. The molecule has 0 aliphatic carbocycles. The highest BCUT2D eigenvalue weighted by atomic mass is 19.1. The summed E-state index contributed by atoms with van der Waals surface area (Å²) in [5.41, 5.74) is 0.764. The van der Waals surface area contributed by atoms with Crippen molar-refractivity contribution < 1.29 is 4.39 Å². The summed E-state index contributed by atoms with van der Waals surface area (Å²) in [5, 5.41) is 0. The number of aromatic nitrogens is 1. The summed E-state index contributed by atoms with van der Waals surface area (Å²) in [6, 6.07) is 1.75. The molecule has 0 amide bonds. The minimum absolute atomic E-state index is 0.196. The summed E-state index contributed by atoms with van der Waals surface area (Å²) in [5.74, 6) is 0.522. The smallest absolute Gasteiger partial charge is 0.144 e. The van der Waals surface area contributed by atoms with Crippen LogP contribution in [0.15, 0.2) is 18.5 Å². The molecule has 0 radical (unpaired) electrons. The van der Waals surface area contributed by atoms with E-state index in [0.717, 1.165) is 5.56 Å². The van der Waals surface area contributed by atoms with Crippen LogP contribution in [0.2, 0.25) is 0 Å². The number of hydrogen-bond acceptors (Lipinski definition) is 1. The van der Waals surface area contributed by atoms with Gasteiger partial charge in [-0.05, 0) is 23.5 Å². The van der Waals surface area contributed by atoms with Crippen molar-refractivity contribution in [3.05, 3.63) is 29.8 Å². The van der Waals surface area contributed by atoms with Crippen LogP contribution in [-0.4, -0.2) is 4.98 Å². The Kier molecular flexibility index (Phi) is 2.79. The van der Waals surface area contributed by atoms with Crippen molar-refractivity contribution in [3.8, 4) is 0 Å². The number of hydrogen-bond donors (Lipinski definition) is 0. The predicted molar refractivity (Wildman–Crippen MR) is 47.4 cm³/mol. The van der Waals surface area contributed by atoms with Crippen molar-refractivity contribution in [1.82, 2.24) is 4.98 Å². The van der Waals surface area contributed by atoms with E-state index >= 15 is 0 Å². The molecule has 66 valence electrons. The third-order valence-electron chi connectivity index (χ3n) is 2.29. The van der Waals surface area contributed by atoms with Crippen LogP contribution in [0.5, 0.6) is 0 Å². The van der Waals surface area contributed by atoms with Crippen molar-refractivity contribution in [2.24, 2.45) is 5.92 Å². The fourth-order valence-electron chi connectivity index (χ4n) is 1.11. The molecular formula is C10H14FN. The van der Waals surface area contributed by atoms with E-state index in [0.29, 0.717) is 5.92 Å². The maximum atomic E-state index is 13.1. The molecule has 1 unspecified atom stereocenters. The van der Waals surface area contributed by atoms with E-state index < -0.39 is 0 Å². The van der Waals surface area contributed by atoms with Gasteiger partial charge in [0.1, 0.15) is 5.82 Å². The van der Waals surface area contributed by atoms with E-state index in [2.05, 4.69) is 18.8 Å². The van der Waals surface area contributed by atoms with Crippen molar-refractivity contribution in [1.29, 1.82) is 0 Å². The SMILES string of the molecule is CC(C)C(C)c1ccncc1F. The number of rotatable bonds is 2. The molecule has 1 atom stereocenters. The third-order valence-corrected chi connectivity index (χ3v) is 2.29. The molecule has 1 aromatic rings. The molecule has 0 fully saturated rings. The molecule has 0 aliphatic heterocycles. The summed E-state index contributed by atoms with van der Waals surface area (Å²) in [4.78, 5) is 3.71. The van der Waals surface area contributed by atoms with Gasteiger partial charge in [-0.15, -0.1) is 0 Å². The standard InChI is InChI=1S/C10H14FN/c1-7(2)8(3)9-4-5-12-6-10(9)11/h4-8H,1-3H3. The molecule has 2 heteroatoms. The third kappa shape index (κ3) is 1.81. The average molecular weight is 167 g/mol. The van der Waals surface area contributed by atoms with Crippen LogP contribution in [0.1, 0.15) is 32.3 Å². The normalized spacial score (nSPS) is 13.4. The zero-order valence-electron chi connectivity index (χ0n) is 7.71. The fourth-order valence-corrected chi connectivity index (χ4v) is 1.11. The van der Waals surface area contributed by atoms with E-state index in [9.17, 15) is 4.39 Å². The van der Waals surface area contributed by atoms with Crippen LogP contribution >= 0.6 is 0 Å². The lowest BCUT2D eigenvalue weighted by atomic mass is 9.91. The lowest BCUT2D eigenvalue weighted by molar-refractivity contribution is 0.499. The topological polar surface area (TPSA) is 12.9 Å². The number of pyridine rings is 1. The second kappa shape index (κ2) is 3.65. The monoisotopic (exact) mass is 167 g/mol. The fraction of sp³-hybridized carbons (Fsp3) is 0.500. The minimum Gasteiger partial charge on any atom is -0.262 e. The summed E-state index contributed by atoms with van der Waals surface area (Å²) in [7, 11) is 0. The first kappa shape index (κ1) is 9.17. The molecule has 0 saturated heterocycles. The maximum absolute atomic E-state index is 13.1. The van der Waals surface area contributed by atoms with Crippen LogP contribution in [0.4, 0.5) is 4.39 Å². The van der Waals surface area contributed by atoms with Crippen molar-refractivity contribution in [2.75, 3.05) is 0 Å². The molecule has 1 aromatic heterocycles. The van der Waals surface area contributed by atoms with Crippen molar-refractivity contribution >= 4 is 0 Å². The Balaban J connectivity index is 2.94. The highest BCUT2D eigenvalue weighted by Gasteiger charge is 2.13. The summed E-state index contributed by atoms with van der Waals surface area (Å²) in [6.07, 6.45) is 2.91. The van der Waals surface area contributed by atoms with Gasteiger partial charge in [-0.3, -0.25) is 4.98 Å². The molecule has 0 spiro atoms. The minimum atomic E-state index is -0.196. The van der Waals surface area contributed by atoms with Crippen LogP contribution < -0.4 is 0 Å². The number of halogens is 1. The van der Waals surface area contributed by atoms with Crippen molar-refractivity contribution in [2.45, 2.75) is 26.7 Å². The van der Waals surface area contributed by atoms with Crippen LogP contribution in [0, 0.1) is 11.7 Å². The first-order valence-electron chi connectivity index (χ1n) is 4.22. The Morgan fingerprint density at radius 2 is 2.00 bits per heavy atom. The molecular weight excluding hydrogens is 153 g/mol. The summed E-state index contributed by atoms with van der Waals surface area (Å²) < 4.78 is 13.1. The molecule has 0 aromatic carbocycles. The first-order valence-corrected chi connectivity index (χ1v) is 4.22. The van der Waals surface area contributed by atoms with Gasteiger partial charge < -0.3 is 0 Å². The summed E-state index contributed by atoms with van der Waals surface area (Å²) in [6.45, 7) is 6.21. The Morgan fingerprint density at radius 1 is 1.33 bits per heavy atom. The summed E-state index contributed by atoms with van der Waals surface area (Å²) >= 11 is 0. The average Bonchev–Trinajstić information content (AvgIpc) is 2.04. The second-order valence-electron chi connectivity index (χ2n) is 3.43. The van der Waals surface area contributed by atoms with Gasteiger partial charge in [0.15, 0.2) is 0 Å². The Labute approximate surface area is 72.6 Å². The van der Waals surface area contributed by atoms with E-state index in [1.165, 1.54) is 6.20 Å². The Hall–Kier alpha value is -0.920. The number of nitrogens with zero attached hydrogens (tertiary/aromatic N) is 1. The predicted octanol–water partition coefficient (Wildman–Crippen LogP) is 2.98. The quantitative estimate of drug-likeness (QED) is 0.659. The molecule has 1 heterocycles. The zero-order chi connectivity index (χ0) is 9.14. The van der Waals surface area contributed by atoms with Crippen LogP contribution in [0.25, 0.3) is 0 Å². The van der Waals surface area contributed by atoms with Crippen LogP contribution in [-0.2, 0) is 0 Å². The first-order chi connectivity index (χ1) is 5.63. The van der Waals surface area contributed by atoms with E-state index in [1.807, 2.05) is 6.92 Å². The molecule has 0 saturated carbocycles. The van der Waals surface area contributed by atoms with E-state index in [1.54, 1.807) is 12.3 Å². The van der Waals surface area contributed by atoms with Gasteiger partial charge >= 0.3 is 0 Å². The lowest BCUT2D eigenvalue weighted by Crippen LogP contribution is -2.04. The Bertz CT molecular complexity index is 258. The van der Waals surface area contributed by atoms with Gasteiger partial charge in [-0.1, -0.05) is 20.8 Å². The Morgan fingerprint density at radius 3 is 2.50 bits per heavy atom. The van der Waals surface area contributed by atoms with Crippen molar-refractivity contribution in [3.63, 3.8) is 0 Å². The van der Waals surface area contributed by atoms with E-state index in [-0.39, 0.29) is 11.7 Å². The second-order valence-corrected chi connectivity index (χ2v) is 3.43. The molecule has 0 aliphatic rings.